The third-order valence-electron chi connectivity index (χ3n) is 4.42. The van der Waals surface area contributed by atoms with Gasteiger partial charge in [0, 0.05) is 24.5 Å². The van der Waals surface area contributed by atoms with Crippen LogP contribution in [0.15, 0.2) is 55.0 Å². The number of halogens is 1. The Bertz CT molecular complexity index is 976. The summed E-state index contributed by atoms with van der Waals surface area (Å²) in [5.74, 6) is 0.210. The number of carbonyl (C=O) groups is 1. The largest absolute Gasteiger partial charge is 0.496 e. The summed E-state index contributed by atoms with van der Waals surface area (Å²) >= 11 is 0. The summed E-state index contributed by atoms with van der Waals surface area (Å²) in [6.07, 6.45) is 5.73. The van der Waals surface area contributed by atoms with Crippen molar-refractivity contribution >= 4 is 5.91 Å². The molecule has 0 aliphatic carbocycles. The second kappa shape index (κ2) is 9.08. The predicted octanol–water partition coefficient (Wildman–Crippen LogP) is 3.96. The van der Waals surface area contributed by atoms with Crippen LogP contribution in [0.3, 0.4) is 0 Å². The van der Waals surface area contributed by atoms with Crippen LogP contribution in [0.25, 0.3) is 11.1 Å². The van der Waals surface area contributed by atoms with Crippen LogP contribution in [-0.4, -0.2) is 29.5 Å². The highest BCUT2D eigenvalue weighted by atomic mass is 19.1. The standard InChI is InChI=1S/C22H22FN3O2/c1-15-11-17(7-8-20(15)28-2)19-6-4-9-25-21(19)22(27)26-10-3-5-16-12-18(23)14-24-13-16/h4,6-9,11-14H,3,5,10H2,1-2H3,(H,26,27). The number of nitrogens with one attached hydrogen (secondary N) is 1. The molecule has 144 valence electrons. The molecule has 1 N–H and O–H groups in total. The number of nitrogens with zero attached hydrogens (tertiary/aromatic N) is 2. The molecule has 0 fully saturated rings. The fourth-order valence-corrected chi connectivity index (χ4v) is 3.04. The van der Waals surface area contributed by atoms with Gasteiger partial charge in [-0.25, -0.2) is 4.39 Å². The first-order valence-electron chi connectivity index (χ1n) is 9.06. The third-order valence-corrected chi connectivity index (χ3v) is 4.42. The Labute approximate surface area is 163 Å². The van der Waals surface area contributed by atoms with Gasteiger partial charge in [-0.15, -0.1) is 0 Å². The Morgan fingerprint density at radius 1 is 1.21 bits per heavy atom. The summed E-state index contributed by atoms with van der Waals surface area (Å²) in [5, 5.41) is 2.89. The zero-order valence-corrected chi connectivity index (χ0v) is 15.9. The second-order valence-electron chi connectivity index (χ2n) is 6.45. The second-order valence-corrected chi connectivity index (χ2v) is 6.45. The third kappa shape index (κ3) is 4.71. The van der Waals surface area contributed by atoms with Crippen molar-refractivity contribution in [2.45, 2.75) is 19.8 Å². The lowest BCUT2D eigenvalue weighted by atomic mass is 10.0. The molecule has 5 nitrogen and oxygen atoms in total. The number of pyridine rings is 2. The van der Waals surface area contributed by atoms with Gasteiger partial charge in [0.25, 0.3) is 5.91 Å². The van der Waals surface area contributed by atoms with Crippen molar-refractivity contribution in [2.75, 3.05) is 13.7 Å². The van der Waals surface area contributed by atoms with Crippen molar-refractivity contribution in [3.63, 3.8) is 0 Å². The van der Waals surface area contributed by atoms with E-state index in [1.54, 1.807) is 19.5 Å². The van der Waals surface area contributed by atoms with Crippen LogP contribution in [0.5, 0.6) is 5.75 Å². The van der Waals surface area contributed by atoms with Crippen LogP contribution in [0.4, 0.5) is 4.39 Å². The molecule has 0 saturated carbocycles. The van der Waals surface area contributed by atoms with E-state index in [-0.39, 0.29) is 11.7 Å². The quantitative estimate of drug-likeness (QED) is 0.631. The van der Waals surface area contributed by atoms with Gasteiger partial charge in [-0.1, -0.05) is 12.1 Å². The molecule has 1 amide bonds. The Kier molecular flexibility index (Phi) is 6.32. The summed E-state index contributed by atoms with van der Waals surface area (Å²) in [7, 11) is 1.63. The lowest BCUT2D eigenvalue weighted by Gasteiger charge is -2.11. The Morgan fingerprint density at radius 3 is 2.82 bits per heavy atom. The number of rotatable bonds is 7. The molecule has 2 aromatic heterocycles. The van der Waals surface area contributed by atoms with E-state index in [1.807, 2.05) is 37.3 Å². The Balaban J connectivity index is 1.66. The highest BCUT2D eigenvalue weighted by Gasteiger charge is 2.14. The van der Waals surface area contributed by atoms with Crippen molar-refractivity contribution in [3.05, 3.63) is 77.6 Å². The summed E-state index contributed by atoms with van der Waals surface area (Å²) < 4.78 is 18.5. The molecular formula is C22H22FN3O2. The molecule has 3 rings (SSSR count). The molecule has 0 radical (unpaired) electrons. The van der Waals surface area contributed by atoms with E-state index in [2.05, 4.69) is 15.3 Å². The van der Waals surface area contributed by atoms with E-state index < -0.39 is 0 Å². The number of carbonyl (C=O) groups excluding carboxylic acids is 1. The van der Waals surface area contributed by atoms with E-state index in [0.29, 0.717) is 25.1 Å². The molecule has 0 spiro atoms. The van der Waals surface area contributed by atoms with Crippen LogP contribution in [-0.2, 0) is 6.42 Å². The molecule has 0 aliphatic rings. The lowest BCUT2D eigenvalue weighted by molar-refractivity contribution is 0.0949. The van der Waals surface area contributed by atoms with E-state index in [0.717, 1.165) is 28.0 Å². The smallest absolute Gasteiger partial charge is 0.270 e. The van der Waals surface area contributed by atoms with E-state index in [1.165, 1.54) is 12.3 Å². The van der Waals surface area contributed by atoms with Crippen molar-refractivity contribution in [2.24, 2.45) is 0 Å². The molecule has 28 heavy (non-hydrogen) atoms. The molecular weight excluding hydrogens is 357 g/mol. The minimum absolute atomic E-state index is 0.235. The number of hydrogen-bond donors (Lipinski definition) is 1. The molecule has 0 saturated heterocycles. The molecule has 0 atom stereocenters. The van der Waals surface area contributed by atoms with E-state index in [9.17, 15) is 9.18 Å². The summed E-state index contributed by atoms with van der Waals surface area (Å²) in [4.78, 5) is 20.7. The number of benzene rings is 1. The number of methoxy groups -OCH3 is 1. The SMILES string of the molecule is COc1ccc(-c2cccnc2C(=O)NCCCc2cncc(F)c2)cc1C. The molecule has 0 unspecified atom stereocenters. The first kappa shape index (κ1) is 19.5. The van der Waals surface area contributed by atoms with Gasteiger partial charge in [-0.3, -0.25) is 14.8 Å². The number of aromatic nitrogens is 2. The predicted molar refractivity (Wildman–Crippen MR) is 106 cm³/mol. The fraction of sp³-hybridized carbons (Fsp3) is 0.227. The van der Waals surface area contributed by atoms with Crippen molar-refractivity contribution in [1.29, 1.82) is 0 Å². The molecule has 6 heteroatoms. The highest BCUT2D eigenvalue weighted by Crippen LogP contribution is 2.27. The van der Waals surface area contributed by atoms with Crippen molar-refractivity contribution < 1.29 is 13.9 Å². The highest BCUT2D eigenvalue weighted by molar-refractivity contribution is 5.99. The zero-order chi connectivity index (χ0) is 19.9. The Morgan fingerprint density at radius 2 is 2.07 bits per heavy atom. The minimum atomic E-state index is -0.352. The van der Waals surface area contributed by atoms with Gasteiger partial charge in [0.15, 0.2) is 0 Å². The van der Waals surface area contributed by atoms with Gasteiger partial charge in [0.1, 0.15) is 17.3 Å². The molecule has 0 bridgehead atoms. The maximum Gasteiger partial charge on any atom is 0.270 e. The Hall–Kier alpha value is -3.28. The summed E-state index contributed by atoms with van der Waals surface area (Å²) in [6, 6.07) is 10.9. The van der Waals surface area contributed by atoms with Gasteiger partial charge in [-0.2, -0.15) is 0 Å². The molecule has 0 aliphatic heterocycles. The fourth-order valence-electron chi connectivity index (χ4n) is 3.04. The number of ether oxygens (including phenoxy) is 1. The molecule has 2 heterocycles. The summed E-state index contributed by atoms with van der Waals surface area (Å²) in [6.45, 7) is 2.42. The zero-order valence-electron chi connectivity index (χ0n) is 15.9. The van der Waals surface area contributed by atoms with Crippen LogP contribution in [0.1, 0.15) is 28.0 Å². The summed E-state index contributed by atoms with van der Waals surface area (Å²) in [5.41, 5.74) is 3.84. The molecule has 3 aromatic rings. The topological polar surface area (TPSA) is 64.1 Å². The minimum Gasteiger partial charge on any atom is -0.496 e. The van der Waals surface area contributed by atoms with Crippen LogP contribution in [0.2, 0.25) is 0 Å². The normalized spacial score (nSPS) is 10.5. The first-order valence-corrected chi connectivity index (χ1v) is 9.06. The lowest BCUT2D eigenvalue weighted by Crippen LogP contribution is -2.26. The number of hydrogen-bond acceptors (Lipinski definition) is 4. The van der Waals surface area contributed by atoms with Gasteiger partial charge in [0.05, 0.1) is 13.3 Å². The van der Waals surface area contributed by atoms with E-state index >= 15 is 0 Å². The van der Waals surface area contributed by atoms with Gasteiger partial charge in [0.2, 0.25) is 0 Å². The monoisotopic (exact) mass is 379 g/mol. The van der Waals surface area contributed by atoms with Gasteiger partial charge < -0.3 is 10.1 Å². The molecule has 1 aromatic carbocycles. The van der Waals surface area contributed by atoms with E-state index in [4.69, 9.17) is 4.74 Å². The van der Waals surface area contributed by atoms with Crippen LogP contribution < -0.4 is 10.1 Å². The van der Waals surface area contributed by atoms with Crippen molar-refractivity contribution in [3.8, 4) is 16.9 Å². The average molecular weight is 379 g/mol. The van der Waals surface area contributed by atoms with Crippen LogP contribution in [0, 0.1) is 12.7 Å². The first-order chi connectivity index (χ1) is 13.6. The maximum atomic E-state index is 13.2. The average Bonchev–Trinajstić information content (AvgIpc) is 2.71. The van der Waals surface area contributed by atoms with Gasteiger partial charge in [-0.05, 0) is 60.7 Å². The van der Waals surface area contributed by atoms with Crippen LogP contribution >= 0.6 is 0 Å². The maximum absolute atomic E-state index is 13.2. The number of amides is 1. The van der Waals surface area contributed by atoms with Crippen molar-refractivity contribution in [1.82, 2.24) is 15.3 Å². The van der Waals surface area contributed by atoms with Gasteiger partial charge >= 0.3 is 0 Å². The number of aryl methyl sites for hydroxylation is 2.